The third-order valence-corrected chi connectivity index (χ3v) is 7.39. The van der Waals surface area contributed by atoms with E-state index in [0.29, 0.717) is 29.6 Å². The first-order chi connectivity index (χ1) is 15.4. The monoisotopic (exact) mass is 475 g/mol. The summed E-state index contributed by atoms with van der Waals surface area (Å²) in [5.41, 5.74) is 6.21. The van der Waals surface area contributed by atoms with E-state index in [4.69, 9.17) is 10.2 Å². The second-order valence-electron chi connectivity index (χ2n) is 8.90. The zero-order valence-electron chi connectivity index (χ0n) is 18.6. The molecule has 1 saturated carbocycles. The van der Waals surface area contributed by atoms with Crippen LogP contribution >= 0.6 is 0 Å². The van der Waals surface area contributed by atoms with Gasteiger partial charge < -0.3 is 30.4 Å². The van der Waals surface area contributed by atoms with Crippen molar-refractivity contribution >= 4 is 34.4 Å². The normalized spacial score (nSPS) is 22.9. The summed E-state index contributed by atoms with van der Waals surface area (Å²) in [5.74, 6) is -0.490. The van der Waals surface area contributed by atoms with E-state index in [1.165, 1.54) is 12.5 Å². The minimum absolute atomic E-state index is 0.00214. The van der Waals surface area contributed by atoms with Crippen LogP contribution in [0.3, 0.4) is 0 Å². The van der Waals surface area contributed by atoms with Gasteiger partial charge in [0, 0.05) is 34.4 Å². The van der Waals surface area contributed by atoms with Crippen LogP contribution in [0.1, 0.15) is 44.0 Å². The molecule has 5 N–H and O–H groups in total. The molecular formula is C20H25N7O5S. The smallest absolute Gasteiger partial charge is 0.435 e. The Labute approximate surface area is 192 Å². The molecule has 3 heterocycles. The number of nitrogens with one attached hydrogen (secondary N) is 2. The highest BCUT2D eigenvalue weighted by Crippen LogP contribution is 2.47. The zero-order chi connectivity index (χ0) is 24.1. The first-order valence-electron chi connectivity index (χ1n) is 10.2. The van der Waals surface area contributed by atoms with E-state index in [9.17, 15) is 19.2 Å². The summed E-state index contributed by atoms with van der Waals surface area (Å²) >= 11 is -1.42. The maximum absolute atomic E-state index is 12.2. The minimum Gasteiger partial charge on any atom is -0.608 e. The molecular weight excluding hydrogens is 450 g/mol. The van der Waals surface area contributed by atoms with Crippen LogP contribution in [0.5, 0.6) is 0 Å². The second-order valence-corrected chi connectivity index (χ2v) is 10.2. The van der Waals surface area contributed by atoms with Crippen LogP contribution in [-0.2, 0) is 11.2 Å². The molecule has 3 aromatic rings. The van der Waals surface area contributed by atoms with Gasteiger partial charge in [-0.2, -0.15) is 5.10 Å². The van der Waals surface area contributed by atoms with Crippen molar-refractivity contribution in [3.63, 3.8) is 0 Å². The van der Waals surface area contributed by atoms with Gasteiger partial charge in [-0.3, -0.25) is 4.79 Å². The van der Waals surface area contributed by atoms with Crippen LogP contribution in [-0.4, -0.2) is 59.3 Å². The maximum Gasteiger partial charge on any atom is 0.435 e. The van der Waals surface area contributed by atoms with Crippen LogP contribution in [0.4, 0.5) is 10.5 Å². The lowest BCUT2D eigenvalue weighted by atomic mass is 9.74. The molecule has 2 amide bonds. The highest BCUT2D eigenvalue weighted by Gasteiger charge is 2.52. The SMILES string of the molecule is C[S+]([O-])c1nnc(-c2cc3c(N[C@@H]4CC[C@](C)(NC(=O)O)C4(C)C)c(C(N)=O)cnn3c2)o1. The lowest BCUT2D eigenvalue weighted by Gasteiger charge is -2.42. The fourth-order valence-electron chi connectivity index (χ4n) is 4.34. The molecule has 0 radical (unpaired) electrons. The average Bonchev–Trinajstić information content (AvgIpc) is 3.40. The number of hydrogen-bond donors (Lipinski definition) is 4. The van der Waals surface area contributed by atoms with Gasteiger partial charge >= 0.3 is 11.3 Å². The van der Waals surface area contributed by atoms with Crippen molar-refractivity contribution in [3.8, 4) is 11.5 Å². The van der Waals surface area contributed by atoms with Crippen LogP contribution in [0.25, 0.3) is 17.0 Å². The number of carbonyl (C=O) groups excluding carboxylic acids is 1. The molecule has 1 fully saturated rings. The first kappa shape index (κ1) is 22.9. The van der Waals surface area contributed by atoms with Crippen molar-refractivity contribution in [1.82, 2.24) is 25.1 Å². The van der Waals surface area contributed by atoms with Gasteiger partial charge in [-0.25, -0.2) is 9.31 Å². The molecule has 4 rings (SSSR count). The summed E-state index contributed by atoms with van der Waals surface area (Å²) in [6, 6.07) is 1.54. The lowest BCUT2D eigenvalue weighted by molar-refractivity contribution is 0.100. The number of amides is 2. The summed E-state index contributed by atoms with van der Waals surface area (Å²) < 4.78 is 18.6. The number of hydrogen-bond acceptors (Lipinski definition) is 8. The van der Waals surface area contributed by atoms with Gasteiger partial charge in [0.05, 0.1) is 28.5 Å². The predicted octanol–water partition coefficient (Wildman–Crippen LogP) is 1.85. The predicted molar refractivity (Wildman–Crippen MR) is 119 cm³/mol. The second kappa shape index (κ2) is 7.92. The summed E-state index contributed by atoms with van der Waals surface area (Å²) in [5, 5.41) is 27.4. The Hall–Kier alpha value is -3.32. The number of rotatable bonds is 6. The topological polar surface area (TPSA) is 184 Å². The number of aromatic nitrogens is 4. The molecule has 176 valence electrons. The molecule has 0 spiro atoms. The fourth-order valence-corrected chi connectivity index (χ4v) is 4.69. The van der Waals surface area contributed by atoms with Crippen LogP contribution < -0.4 is 16.4 Å². The molecule has 0 aliphatic heterocycles. The molecule has 0 saturated heterocycles. The largest absolute Gasteiger partial charge is 0.608 e. The number of nitrogens with zero attached hydrogens (tertiary/aromatic N) is 4. The van der Waals surface area contributed by atoms with Crippen molar-refractivity contribution in [1.29, 1.82) is 0 Å². The Kier molecular flexibility index (Phi) is 5.48. The molecule has 3 atom stereocenters. The fraction of sp³-hybridized carbons (Fsp3) is 0.450. The number of primary amides is 1. The number of anilines is 1. The van der Waals surface area contributed by atoms with Crippen molar-refractivity contribution in [2.75, 3.05) is 11.6 Å². The van der Waals surface area contributed by atoms with E-state index in [-0.39, 0.29) is 22.7 Å². The summed E-state index contributed by atoms with van der Waals surface area (Å²) in [7, 11) is 0. The molecule has 33 heavy (non-hydrogen) atoms. The van der Waals surface area contributed by atoms with E-state index in [2.05, 4.69) is 25.9 Å². The summed E-state index contributed by atoms with van der Waals surface area (Å²) in [6.45, 7) is 5.83. The standard InChI is InChI=1S/C20H25N7O5S/c1-19(2)13(5-6-20(19,3)24-17(29)30)23-14-11(15(21)28)8-22-27-9-10(7-12(14)27)16-25-26-18(32-16)33(4)31/h7-9,13,23-24H,5-6H2,1-4H3,(H2,21,28)(H,29,30)/t13-,20+,33?/m1/s1. The van der Waals surface area contributed by atoms with Gasteiger partial charge in [0.1, 0.15) is 6.26 Å². The summed E-state index contributed by atoms with van der Waals surface area (Å²) in [6.07, 6.45) is 4.66. The highest BCUT2D eigenvalue weighted by atomic mass is 32.2. The van der Waals surface area contributed by atoms with Crippen molar-refractivity contribution < 1.29 is 23.7 Å². The lowest BCUT2D eigenvalue weighted by Crippen LogP contribution is -2.56. The maximum atomic E-state index is 12.2. The number of nitrogens with two attached hydrogens (primary N) is 1. The Morgan fingerprint density at radius 2 is 2.09 bits per heavy atom. The van der Waals surface area contributed by atoms with Gasteiger partial charge in [-0.15, -0.1) is 5.10 Å². The van der Waals surface area contributed by atoms with Gasteiger partial charge in [0.25, 0.3) is 11.8 Å². The van der Waals surface area contributed by atoms with E-state index >= 15 is 0 Å². The van der Waals surface area contributed by atoms with E-state index in [1.807, 2.05) is 20.8 Å². The molecule has 1 aliphatic carbocycles. The first-order valence-corrected chi connectivity index (χ1v) is 11.7. The third kappa shape index (κ3) is 3.86. The molecule has 1 unspecified atom stereocenters. The van der Waals surface area contributed by atoms with Crippen molar-refractivity contribution in [2.24, 2.45) is 11.1 Å². The van der Waals surface area contributed by atoms with Crippen LogP contribution in [0.15, 0.2) is 28.1 Å². The molecule has 3 aromatic heterocycles. The Morgan fingerprint density at radius 1 is 1.36 bits per heavy atom. The van der Waals surface area contributed by atoms with Gasteiger partial charge in [0.15, 0.2) is 0 Å². The minimum atomic E-state index is -1.42. The summed E-state index contributed by atoms with van der Waals surface area (Å²) in [4.78, 5) is 23.6. The number of carbonyl (C=O) groups is 2. The van der Waals surface area contributed by atoms with Gasteiger partial charge in [-0.05, 0) is 25.8 Å². The van der Waals surface area contributed by atoms with Gasteiger partial charge in [0.2, 0.25) is 0 Å². The van der Waals surface area contributed by atoms with Crippen LogP contribution in [0.2, 0.25) is 0 Å². The van der Waals surface area contributed by atoms with Crippen molar-refractivity contribution in [2.45, 2.75) is 50.4 Å². The Morgan fingerprint density at radius 3 is 2.70 bits per heavy atom. The number of carboxylic acid groups (broad SMARTS) is 1. The van der Waals surface area contributed by atoms with Gasteiger partial charge in [-0.1, -0.05) is 18.9 Å². The van der Waals surface area contributed by atoms with Crippen molar-refractivity contribution in [3.05, 3.63) is 24.0 Å². The molecule has 13 heteroatoms. The average molecular weight is 476 g/mol. The van der Waals surface area contributed by atoms with Crippen LogP contribution in [0, 0.1) is 5.41 Å². The molecule has 1 aliphatic rings. The quantitative estimate of drug-likeness (QED) is 0.386. The molecule has 12 nitrogen and oxygen atoms in total. The van der Waals surface area contributed by atoms with E-state index in [0.717, 1.165) is 0 Å². The molecule has 0 aromatic carbocycles. The molecule has 0 bridgehead atoms. The Balaban J connectivity index is 1.76. The number of fused-ring (bicyclic) bond motifs is 1. The van der Waals surface area contributed by atoms with E-state index in [1.54, 1.807) is 16.8 Å². The third-order valence-electron chi connectivity index (χ3n) is 6.73. The van der Waals surface area contributed by atoms with E-state index < -0.39 is 34.1 Å². The highest BCUT2D eigenvalue weighted by molar-refractivity contribution is 7.90. The zero-order valence-corrected chi connectivity index (χ0v) is 19.4. The Bertz CT molecular complexity index is 1240.